The van der Waals surface area contributed by atoms with E-state index < -0.39 is 6.10 Å². The van der Waals surface area contributed by atoms with E-state index in [0.29, 0.717) is 19.3 Å². The van der Waals surface area contributed by atoms with Gasteiger partial charge >= 0.3 is 5.97 Å². The number of aliphatic hydroxyl groups is 1. The van der Waals surface area contributed by atoms with Crippen LogP contribution in [0.3, 0.4) is 0 Å². The van der Waals surface area contributed by atoms with E-state index in [9.17, 15) is 9.90 Å². The maximum Gasteiger partial charge on any atom is 0.305 e. The lowest BCUT2D eigenvalue weighted by molar-refractivity contribution is -0.140. The van der Waals surface area contributed by atoms with Crippen LogP contribution in [0.4, 0.5) is 0 Å². The molecule has 3 heteroatoms. The van der Waals surface area contributed by atoms with Crippen molar-refractivity contribution in [2.45, 2.75) is 58.0 Å². The summed E-state index contributed by atoms with van der Waals surface area (Å²) in [6, 6.07) is 0. The molecule has 0 aliphatic heterocycles. The van der Waals surface area contributed by atoms with Gasteiger partial charge in [0.25, 0.3) is 0 Å². The molecule has 0 aromatic heterocycles. The molecule has 0 fully saturated rings. The molecule has 0 spiro atoms. The summed E-state index contributed by atoms with van der Waals surface area (Å²) in [5, 5.41) is 9.71. The van der Waals surface area contributed by atoms with Gasteiger partial charge in [-0.1, -0.05) is 67.7 Å². The predicted molar refractivity (Wildman–Crippen MR) is 102 cm³/mol. The second-order valence-corrected chi connectivity index (χ2v) is 5.38. The topological polar surface area (TPSA) is 46.5 Å². The minimum absolute atomic E-state index is 0.231. The Labute approximate surface area is 147 Å². The summed E-state index contributed by atoms with van der Waals surface area (Å²) in [6.45, 7) is 2.14. The summed E-state index contributed by atoms with van der Waals surface area (Å²) in [4.78, 5) is 10.9. The zero-order valence-corrected chi connectivity index (χ0v) is 15.1. The van der Waals surface area contributed by atoms with Crippen molar-refractivity contribution in [2.75, 3.05) is 7.11 Å². The van der Waals surface area contributed by atoms with Gasteiger partial charge in [0.15, 0.2) is 0 Å². The van der Waals surface area contributed by atoms with Gasteiger partial charge in [0, 0.05) is 6.42 Å². The quantitative estimate of drug-likeness (QED) is 0.291. The molecule has 0 aliphatic rings. The fourth-order valence-corrected chi connectivity index (χ4v) is 1.89. The summed E-state index contributed by atoms with van der Waals surface area (Å²) in [7, 11) is 1.37. The van der Waals surface area contributed by atoms with E-state index in [-0.39, 0.29) is 5.97 Å². The van der Waals surface area contributed by atoms with Gasteiger partial charge in [0.05, 0.1) is 13.2 Å². The van der Waals surface area contributed by atoms with Gasteiger partial charge in [-0.2, -0.15) is 0 Å². The lowest BCUT2D eigenvalue weighted by Gasteiger charge is -2.03. The van der Waals surface area contributed by atoms with Gasteiger partial charge in [-0.25, -0.2) is 0 Å². The van der Waals surface area contributed by atoms with E-state index in [2.05, 4.69) is 48.1 Å². The highest BCUT2D eigenvalue weighted by Crippen LogP contribution is 2.03. The third-order valence-electron chi connectivity index (χ3n) is 3.24. The fourth-order valence-electron chi connectivity index (χ4n) is 1.89. The number of carbonyl (C=O) groups excluding carboxylic acids is 1. The summed E-state index contributed by atoms with van der Waals surface area (Å²) in [5.74, 6) is -0.231. The fraction of sp³-hybridized carbons (Fsp3) is 0.476. The molecule has 0 rings (SSSR count). The van der Waals surface area contributed by atoms with Crippen LogP contribution >= 0.6 is 0 Å². The molecular weight excluding hydrogens is 300 g/mol. The highest BCUT2D eigenvalue weighted by atomic mass is 16.5. The van der Waals surface area contributed by atoms with Crippen LogP contribution in [0, 0.1) is 0 Å². The number of hydrogen-bond donors (Lipinski definition) is 1. The molecule has 0 amide bonds. The molecule has 0 saturated heterocycles. The number of esters is 1. The van der Waals surface area contributed by atoms with Crippen molar-refractivity contribution in [2.24, 2.45) is 0 Å². The smallest absolute Gasteiger partial charge is 0.305 e. The van der Waals surface area contributed by atoms with E-state index in [4.69, 9.17) is 0 Å². The molecule has 0 aliphatic carbocycles. The Morgan fingerprint density at radius 2 is 1.54 bits per heavy atom. The van der Waals surface area contributed by atoms with Crippen LogP contribution in [0.1, 0.15) is 51.9 Å². The molecule has 0 aromatic rings. The summed E-state index contributed by atoms with van der Waals surface area (Å²) in [6.07, 6.45) is 25.5. The molecule has 0 radical (unpaired) electrons. The molecule has 0 heterocycles. The normalized spacial score (nSPS) is 14.0. The van der Waals surface area contributed by atoms with E-state index in [1.54, 1.807) is 6.08 Å². The Balaban J connectivity index is 3.67. The van der Waals surface area contributed by atoms with Gasteiger partial charge < -0.3 is 9.84 Å². The molecule has 24 heavy (non-hydrogen) atoms. The standard InChI is InChI=1S/C21H32O3/c1-3-4-5-6-7-8-9-10-11-12-13-14-15-17-20(22)18-16-19-21(23)24-2/h4-5,7-8,10-11,13-15,17,20,22H,3,6,9,12,16,18-19H2,1-2H3/b5-4-,8-7-,11-10-,14-13-,17-15+. The zero-order chi connectivity index (χ0) is 17.9. The summed E-state index contributed by atoms with van der Waals surface area (Å²) < 4.78 is 4.55. The van der Waals surface area contributed by atoms with E-state index in [1.165, 1.54) is 7.11 Å². The van der Waals surface area contributed by atoms with Crippen molar-refractivity contribution in [1.29, 1.82) is 0 Å². The van der Waals surface area contributed by atoms with E-state index >= 15 is 0 Å². The Morgan fingerprint density at radius 3 is 2.12 bits per heavy atom. The van der Waals surface area contributed by atoms with Gasteiger partial charge in [0.2, 0.25) is 0 Å². The van der Waals surface area contributed by atoms with Crippen LogP contribution in [0.5, 0.6) is 0 Å². The Bertz CT molecular complexity index is 442. The molecule has 1 atom stereocenters. The van der Waals surface area contributed by atoms with Gasteiger partial charge in [0.1, 0.15) is 0 Å². The molecule has 1 N–H and O–H groups in total. The number of aliphatic hydroxyl groups excluding tert-OH is 1. The monoisotopic (exact) mass is 332 g/mol. The molecule has 0 bridgehead atoms. The molecule has 3 nitrogen and oxygen atoms in total. The van der Waals surface area contributed by atoms with Crippen molar-refractivity contribution >= 4 is 5.97 Å². The van der Waals surface area contributed by atoms with E-state index in [0.717, 1.165) is 25.7 Å². The van der Waals surface area contributed by atoms with Crippen molar-refractivity contribution in [3.8, 4) is 0 Å². The second-order valence-electron chi connectivity index (χ2n) is 5.38. The molecular formula is C21H32O3. The lowest BCUT2D eigenvalue weighted by Crippen LogP contribution is -2.05. The van der Waals surface area contributed by atoms with Crippen LogP contribution in [0.2, 0.25) is 0 Å². The average molecular weight is 332 g/mol. The summed E-state index contributed by atoms with van der Waals surface area (Å²) in [5.41, 5.74) is 0. The number of carbonyl (C=O) groups is 1. The van der Waals surface area contributed by atoms with Crippen molar-refractivity contribution in [1.82, 2.24) is 0 Å². The number of allylic oxidation sites excluding steroid dienone is 9. The third kappa shape index (κ3) is 16.5. The first-order valence-corrected chi connectivity index (χ1v) is 8.73. The Morgan fingerprint density at radius 1 is 0.958 bits per heavy atom. The maximum atomic E-state index is 10.9. The molecule has 134 valence electrons. The van der Waals surface area contributed by atoms with Crippen molar-refractivity contribution in [3.05, 3.63) is 60.8 Å². The number of hydrogen-bond acceptors (Lipinski definition) is 3. The summed E-state index contributed by atoms with van der Waals surface area (Å²) >= 11 is 0. The third-order valence-corrected chi connectivity index (χ3v) is 3.24. The van der Waals surface area contributed by atoms with Crippen LogP contribution in [0.15, 0.2) is 60.8 Å². The largest absolute Gasteiger partial charge is 0.469 e. The zero-order valence-electron chi connectivity index (χ0n) is 15.1. The average Bonchev–Trinajstić information content (AvgIpc) is 2.58. The molecule has 0 saturated carbocycles. The molecule has 1 unspecified atom stereocenters. The van der Waals surface area contributed by atoms with Crippen LogP contribution in [-0.4, -0.2) is 24.3 Å². The molecule has 0 aromatic carbocycles. The maximum absolute atomic E-state index is 10.9. The van der Waals surface area contributed by atoms with Crippen LogP contribution in [-0.2, 0) is 9.53 Å². The Kier molecular flexibility index (Phi) is 16.1. The predicted octanol–water partition coefficient (Wildman–Crippen LogP) is 5.05. The first-order chi connectivity index (χ1) is 11.7. The van der Waals surface area contributed by atoms with Gasteiger partial charge in [-0.3, -0.25) is 4.79 Å². The highest BCUT2D eigenvalue weighted by molar-refractivity contribution is 5.68. The van der Waals surface area contributed by atoms with Crippen LogP contribution in [0.25, 0.3) is 0 Å². The Hall–Kier alpha value is -1.87. The number of methoxy groups -OCH3 is 1. The second kappa shape index (κ2) is 17.5. The SMILES string of the molecule is CC/C=C\C/C=C\C/C=C\C/C=C\C=C\C(O)CCCC(=O)OC. The van der Waals surface area contributed by atoms with Gasteiger partial charge in [-0.05, 0) is 38.5 Å². The van der Waals surface area contributed by atoms with Crippen molar-refractivity contribution in [3.63, 3.8) is 0 Å². The number of ether oxygens (including phenoxy) is 1. The first-order valence-electron chi connectivity index (χ1n) is 8.73. The van der Waals surface area contributed by atoms with Crippen molar-refractivity contribution < 1.29 is 14.6 Å². The van der Waals surface area contributed by atoms with Gasteiger partial charge in [-0.15, -0.1) is 0 Å². The highest BCUT2D eigenvalue weighted by Gasteiger charge is 2.02. The van der Waals surface area contributed by atoms with Crippen LogP contribution < -0.4 is 0 Å². The van der Waals surface area contributed by atoms with E-state index in [1.807, 2.05) is 18.2 Å². The number of rotatable bonds is 13. The first kappa shape index (κ1) is 22.1. The lowest BCUT2D eigenvalue weighted by atomic mass is 10.1. The minimum atomic E-state index is -0.512. The minimum Gasteiger partial charge on any atom is -0.469 e.